The molecule has 0 atom stereocenters. The van der Waals surface area contributed by atoms with Crippen molar-refractivity contribution in [1.82, 2.24) is 4.90 Å². The molecular formula is C35H47NO8. The maximum Gasteiger partial charge on any atom is 0.337 e. The summed E-state index contributed by atoms with van der Waals surface area (Å²) in [5.74, 6) is 0.332. The standard InChI is InChI=1S/C35H47NO8/c1-3-41-33(37)22-27-24-36(25-27)34(38)31-23-28(35(39)40-2)15-18-32(31)44-21-9-10-26-13-16-30(17-14-26)43-20-8-7-19-42-29-11-5-4-6-12-29/h13-18,23,27,29H,3-12,19-22,24-25H2,1-2H3. The number of benzene rings is 2. The monoisotopic (exact) mass is 609 g/mol. The van der Waals surface area contributed by atoms with Crippen LogP contribution in [0, 0.1) is 5.92 Å². The lowest BCUT2D eigenvalue weighted by atomic mass is 9.95. The summed E-state index contributed by atoms with van der Waals surface area (Å²) in [5.41, 5.74) is 1.76. The van der Waals surface area contributed by atoms with Crippen molar-refractivity contribution in [3.8, 4) is 11.5 Å². The van der Waals surface area contributed by atoms with Gasteiger partial charge in [-0.15, -0.1) is 0 Å². The summed E-state index contributed by atoms with van der Waals surface area (Å²) in [4.78, 5) is 38.9. The summed E-state index contributed by atoms with van der Waals surface area (Å²) < 4.78 is 27.8. The van der Waals surface area contributed by atoms with Gasteiger partial charge in [-0.3, -0.25) is 9.59 Å². The molecule has 1 saturated heterocycles. The summed E-state index contributed by atoms with van der Waals surface area (Å²) in [7, 11) is 1.30. The summed E-state index contributed by atoms with van der Waals surface area (Å²) >= 11 is 0. The number of hydrogen-bond acceptors (Lipinski definition) is 8. The fourth-order valence-electron chi connectivity index (χ4n) is 5.65. The van der Waals surface area contributed by atoms with E-state index in [-0.39, 0.29) is 29.8 Å². The van der Waals surface area contributed by atoms with E-state index in [9.17, 15) is 14.4 Å². The van der Waals surface area contributed by atoms with E-state index in [1.54, 1.807) is 24.0 Å². The van der Waals surface area contributed by atoms with Crippen LogP contribution in [-0.4, -0.2) is 75.5 Å². The summed E-state index contributed by atoms with van der Waals surface area (Å²) in [6.45, 7) is 4.92. The summed E-state index contributed by atoms with van der Waals surface area (Å²) in [6, 6.07) is 12.9. The first-order valence-electron chi connectivity index (χ1n) is 16.1. The average Bonchev–Trinajstić information content (AvgIpc) is 3.03. The van der Waals surface area contributed by atoms with Crippen molar-refractivity contribution in [2.45, 2.75) is 77.2 Å². The van der Waals surface area contributed by atoms with Crippen molar-refractivity contribution >= 4 is 17.8 Å². The summed E-state index contributed by atoms with van der Waals surface area (Å²) in [6.07, 6.45) is 10.7. The minimum atomic E-state index is -0.523. The van der Waals surface area contributed by atoms with Gasteiger partial charge in [0.25, 0.3) is 5.91 Å². The van der Waals surface area contributed by atoms with Crippen LogP contribution in [-0.2, 0) is 25.4 Å². The first-order chi connectivity index (χ1) is 21.5. The molecule has 0 N–H and O–H groups in total. The Balaban J connectivity index is 1.19. The number of carbonyl (C=O) groups excluding carboxylic acids is 3. The highest BCUT2D eigenvalue weighted by Crippen LogP contribution is 2.28. The quantitative estimate of drug-likeness (QED) is 0.159. The Morgan fingerprint density at radius 2 is 1.59 bits per heavy atom. The number of ether oxygens (including phenoxy) is 5. The first kappa shape index (κ1) is 33.3. The molecule has 1 aliphatic heterocycles. The summed E-state index contributed by atoms with van der Waals surface area (Å²) in [5, 5.41) is 0. The van der Waals surface area contributed by atoms with Crippen molar-refractivity contribution < 1.29 is 38.1 Å². The molecule has 0 radical (unpaired) electrons. The van der Waals surface area contributed by atoms with E-state index in [4.69, 9.17) is 23.7 Å². The van der Waals surface area contributed by atoms with Crippen molar-refractivity contribution in [1.29, 1.82) is 0 Å². The van der Waals surface area contributed by atoms with Gasteiger partial charge in [0, 0.05) is 25.6 Å². The molecule has 0 unspecified atom stereocenters. The molecule has 2 aromatic carbocycles. The molecule has 1 heterocycles. The topological polar surface area (TPSA) is 101 Å². The van der Waals surface area contributed by atoms with E-state index in [0.717, 1.165) is 38.0 Å². The van der Waals surface area contributed by atoms with Crippen LogP contribution in [0.25, 0.3) is 0 Å². The molecule has 0 spiro atoms. The maximum absolute atomic E-state index is 13.3. The zero-order chi connectivity index (χ0) is 31.1. The average molecular weight is 610 g/mol. The van der Waals surface area contributed by atoms with E-state index in [2.05, 4.69) is 12.1 Å². The Hall–Kier alpha value is -3.59. The number of rotatable bonds is 17. The zero-order valence-electron chi connectivity index (χ0n) is 26.2. The number of aryl methyl sites for hydroxylation is 1. The second-order valence-corrected chi connectivity index (χ2v) is 11.6. The lowest BCUT2D eigenvalue weighted by Gasteiger charge is -2.39. The highest BCUT2D eigenvalue weighted by Gasteiger charge is 2.34. The Morgan fingerprint density at radius 3 is 2.32 bits per heavy atom. The first-order valence-corrected chi connectivity index (χ1v) is 16.1. The van der Waals surface area contributed by atoms with E-state index in [1.807, 2.05) is 12.1 Å². The number of hydrogen-bond donors (Lipinski definition) is 0. The Morgan fingerprint density at radius 1 is 0.864 bits per heavy atom. The molecule has 1 amide bonds. The van der Waals surface area contributed by atoms with Gasteiger partial charge in [0.15, 0.2) is 0 Å². The lowest BCUT2D eigenvalue weighted by Crippen LogP contribution is -2.50. The van der Waals surface area contributed by atoms with Gasteiger partial charge in [-0.25, -0.2) is 4.79 Å². The van der Waals surface area contributed by atoms with Crippen LogP contribution in [0.5, 0.6) is 11.5 Å². The maximum atomic E-state index is 13.3. The molecule has 44 heavy (non-hydrogen) atoms. The van der Waals surface area contributed by atoms with Gasteiger partial charge in [0.1, 0.15) is 11.5 Å². The number of esters is 2. The van der Waals surface area contributed by atoms with E-state index in [0.29, 0.717) is 50.3 Å². The minimum absolute atomic E-state index is 0.0634. The molecule has 4 rings (SSSR count). The Kier molecular flexibility index (Phi) is 13.4. The number of carbonyl (C=O) groups is 3. The molecular weight excluding hydrogens is 562 g/mol. The molecule has 9 nitrogen and oxygen atoms in total. The second kappa shape index (κ2) is 17.6. The molecule has 240 valence electrons. The third kappa shape index (κ3) is 10.3. The van der Waals surface area contributed by atoms with Crippen molar-refractivity contribution in [2.24, 2.45) is 5.92 Å². The van der Waals surface area contributed by atoms with Crippen LogP contribution < -0.4 is 9.47 Å². The second-order valence-electron chi connectivity index (χ2n) is 11.6. The highest BCUT2D eigenvalue weighted by atomic mass is 16.5. The molecule has 1 saturated carbocycles. The predicted octanol–water partition coefficient (Wildman–Crippen LogP) is 6.02. The molecule has 9 heteroatoms. The predicted molar refractivity (Wildman–Crippen MR) is 166 cm³/mol. The van der Waals surface area contributed by atoms with Gasteiger partial charge in [0.2, 0.25) is 0 Å². The van der Waals surface area contributed by atoms with Crippen LogP contribution in [0.4, 0.5) is 0 Å². The fraction of sp³-hybridized carbons (Fsp3) is 0.571. The van der Waals surface area contributed by atoms with Crippen LogP contribution in [0.3, 0.4) is 0 Å². The molecule has 2 aliphatic rings. The van der Waals surface area contributed by atoms with Crippen molar-refractivity contribution in [2.75, 3.05) is 46.6 Å². The largest absolute Gasteiger partial charge is 0.494 e. The normalized spacial score (nSPS) is 15.4. The van der Waals surface area contributed by atoms with Crippen LogP contribution in [0.15, 0.2) is 42.5 Å². The number of amides is 1. The SMILES string of the molecule is CCOC(=O)CC1CN(C(=O)c2cc(C(=O)OC)ccc2OCCCc2ccc(OCCCCOC3CCCCC3)cc2)C1. The fourth-order valence-corrected chi connectivity index (χ4v) is 5.65. The number of likely N-dealkylation sites (tertiary alicyclic amines) is 1. The smallest absolute Gasteiger partial charge is 0.337 e. The van der Waals surface area contributed by atoms with Crippen molar-refractivity contribution in [3.63, 3.8) is 0 Å². The van der Waals surface area contributed by atoms with Gasteiger partial charge in [-0.1, -0.05) is 31.4 Å². The third-order valence-corrected chi connectivity index (χ3v) is 8.14. The molecule has 0 aromatic heterocycles. The van der Waals surface area contributed by atoms with Gasteiger partial charge in [0.05, 0.1) is 50.6 Å². The highest BCUT2D eigenvalue weighted by molar-refractivity contribution is 6.00. The molecule has 1 aliphatic carbocycles. The van der Waals surface area contributed by atoms with E-state index in [1.165, 1.54) is 50.8 Å². The van der Waals surface area contributed by atoms with E-state index >= 15 is 0 Å². The van der Waals surface area contributed by atoms with Gasteiger partial charge < -0.3 is 28.6 Å². The van der Waals surface area contributed by atoms with Crippen LogP contribution in [0.1, 0.15) is 91.0 Å². The van der Waals surface area contributed by atoms with Crippen molar-refractivity contribution in [3.05, 3.63) is 59.2 Å². The number of unbranched alkanes of at least 4 members (excludes halogenated alkanes) is 1. The van der Waals surface area contributed by atoms with Gasteiger partial charge in [-0.2, -0.15) is 0 Å². The third-order valence-electron chi connectivity index (χ3n) is 8.14. The number of nitrogens with zero attached hydrogens (tertiary/aromatic N) is 1. The lowest BCUT2D eigenvalue weighted by molar-refractivity contribution is -0.145. The Bertz CT molecular complexity index is 1200. The Labute approximate surface area is 261 Å². The zero-order valence-corrected chi connectivity index (χ0v) is 26.2. The van der Waals surface area contributed by atoms with E-state index < -0.39 is 5.97 Å². The number of methoxy groups -OCH3 is 1. The molecule has 2 aromatic rings. The van der Waals surface area contributed by atoms with Crippen LogP contribution in [0.2, 0.25) is 0 Å². The van der Waals surface area contributed by atoms with Gasteiger partial charge >= 0.3 is 11.9 Å². The molecule has 2 fully saturated rings. The minimum Gasteiger partial charge on any atom is -0.494 e. The van der Waals surface area contributed by atoms with Crippen LogP contribution >= 0.6 is 0 Å². The van der Waals surface area contributed by atoms with Gasteiger partial charge in [-0.05, 0) is 81.3 Å². The molecule has 0 bridgehead atoms.